The molecule has 0 aliphatic rings. The van der Waals surface area contributed by atoms with Crippen molar-refractivity contribution in [1.29, 1.82) is 0 Å². The molecule has 0 aliphatic carbocycles. The van der Waals surface area contributed by atoms with E-state index in [-0.39, 0.29) is 21.8 Å². The van der Waals surface area contributed by atoms with Crippen LogP contribution in [0.4, 0.5) is 29.1 Å². The lowest BCUT2D eigenvalue weighted by Gasteiger charge is -2.05. The van der Waals surface area contributed by atoms with Crippen LogP contribution in [0.1, 0.15) is 16.1 Å². The number of alkyl halides is 3. The van der Waals surface area contributed by atoms with Crippen LogP contribution in [0.5, 0.6) is 0 Å². The van der Waals surface area contributed by atoms with Crippen LogP contribution in [0, 0.1) is 5.82 Å². The van der Waals surface area contributed by atoms with Crippen LogP contribution in [0.15, 0.2) is 56.8 Å². The van der Waals surface area contributed by atoms with Gasteiger partial charge in [0.1, 0.15) is 5.82 Å². The van der Waals surface area contributed by atoms with E-state index in [1.807, 2.05) is 5.48 Å². The highest BCUT2D eigenvalue weighted by atomic mass is 79.9. The van der Waals surface area contributed by atoms with Crippen molar-refractivity contribution in [2.45, 2.75) is 6.18 Å². The Hall–Kier alpha value is -3.92. The maximum atomic E-state index is 13.3. The van der Waals surface area contributed by atoms with Gasteiger partial charge < -0.3 is 10.4 Å². The third-order valence-corrected chi connectivity index (χ3v) is 3.99. The van der Waals surface area contributed by atoms with E-state index in [0.29, 0.717) is 11.3 Å². The van der Waals surface area contributed by atoms with Crippen LogP contribution in [0.2, 0.25) is 0 Å². The van der Waals surface area contributed by atoms with Gasteiger partial charge in [0, 0.05) is 18.0 Å². The fourth-order valence-electron chi connectivity index (χ4n) is 1.92. The van der Waals surface area contributed by atoms with E-state index >= 15 is 0 Å². The first kappa shape index (κ1) is 25.3. The van der Waals surface area contributed by atoms with Gasteiger partial charge in [-0.1, -0.05) is 0 Å². The molecular weight excluding hydrogens is 524 g/mol. The molecule has 4 N–H and O–H groups in total. The van der Waals surface area contributed by atoms with Crippen LogP contribution >= 0.6 is 15.9 Å². The number of hydroxylamine groups is 1. The minimum absolute atomic E-state index is 0.0460. The molecule has 2 heterocycles. The Bertz CT molecular complexity index is 1160. The highest BCUT2D eigenvalue weighted by Gasteiger charge is 2.38. The van der Waals surface area contributed by atoms with Crippen molar-refractivity contribution in [3.63, 3.8) is 0 Å². The second-order valence-electron chi connectivity index (χ2n) is 5.62. The number of hydrogen-bond acceptors (Lipinski definition) is 8. The molecule has 0 radical (unpaired) electrons. The maximum Gasteiger partial charge on any atom is 0.490 e. The summed E-state index contributed by atoms with van der Waals surface area (Å²) in [7, 11) is 0. The number of aliphatic carboxylic acids is 1. The largest absolute Gasteiger partial charge is 0.490 e. The molecule has 11 nitrogen and oxygen atoms in total. The Labute approximate surface area is 189 Å². The van der Waals surface area contributed by atoms with Crippen molar-refractivity contribution in [3.8, 4) is 0 Å². The SMILES string of the molecule is O=C(Nc1nonc1C(=Nc1ccc(F)c(Br)c1)NO)c1ccncc1.O=C(O)C(F)(F)F. The Kier molecular flexibility index (Phi) is 8.52. The Morgan fingerprint density at radius 3 is 2.30 bits per heavy atom. The summed E-state index contributed by atoms with van der Waals surface area (Å²) in [6, 6.07) is 7.01. The number of anilines is 1. The second-order valence-corrected chi connectivity index (χ2v) is 6.48. The summed E-state index contributed by atoms with van der Waals surface area (Å²) in [4.78, 5) is 29.0. The van der Waals surface area contributed by atoms with Crippen LogP contribution in [-0.2, 0) is 4.79 Å². The van der Waals surface area contributed by atoms with Crippen LogP contribution < -0.4 is 10.8 Å². The molecule has 0 atom stereocenters. The van der Waals surface area contributed by atoms with Gasteiger partial charge in [0.05, 0.1) is 10.2 Å². The molecule has 0 saturated carbocycles. The molecule has 1 aromatic carbocycles. The molecule has 0 saturated heterocycles. The number of benzene rings is 1. The second kappa shape index (κ2) is 11.1. The van der Waals surface area contributed by atoms with Gasteiger partial charge in [-0.15, -0.1) is 0 Å². The van der Waals surface area contributed by atoms with Crippen molar-refractivity contribution in [2.75, 3.05) is 5.32 Å². The van der Waals surface area contributed by atoms with E-state index < -0.39 is 23.9 Å². The van der Waals surface area contributed by atoms with E-state index in [4.69, 9.17) is 9.90 Å². The van der Waals surface area contributed by atoms with Gasteiger partial charge in [-0.05, 0) is 56.6 Å². The molecule has 3 rings (SSSR count). The van der Waals surface area contributed by atoms with E-state index in [1.165, 1.54) is 42.7 Å². The van der Waals surface area contributed by atoms with Gasteiger partial charge in [-0.3, -0.25) is 20.5 Å². The lowest BCUT2D eigenvalue weighted by atomic mass is 10.2. The number of amidine groups is 1. The highest BCUT2D eigenvalue weighted by Crippen LogP contribution is 2.23. The average Bonchev–Trinajstić information content (AvgIpc) is 3.22. The molecule has 0 unspecified atom stereocenters. The predicted molar refractivity (Wildman–Crippen MR) is 105 cm³/mol. The van der Waals surface area contributed by atoms with Gasteiger partial charge in [0.25, 0.3) is 5.91 Å². The number of nitrogens with zero attached hydrogens (tertiary/aromatic N) is 4. The molecule has 2 aromatic heterocycles. The summed E-state index contributed by atoms with van der Waals surface area (Å²) in [5, 5.41) is 26.2. The third-order valence-electron chi connectivity index (χ3n) is 3.38. The number of amides is 1. The van der Waals surface area contributed by atoms with Gasteiger partial charge in [-0.2, -0.15) is 13.2 Å². The first-order valence-corrected chi connectivity index (χ1v) is 9.10. The molecule has 16 heteroatoms. The maximum absolute atomic E-state index is 13.3. The predicted octanol–water partition coefficient (Wildman–Crippen LogP) is 3.31. The van der Waals surface area contributed by atoms with E-state index in [9.17, 15) is 27.6 Å². The summed E-state index contributed by atoms with van der Waals surface area (Å²) in [5.41, 5.74) is 2.46. The lowest BCUT2D eigenvalue weighted by Crippen LogP contribution is -2.23. The standard InChI is InChI=1S/C15H10BrFN6O3.C2HF3O2/c16-10-7-9(1-2-11(10)17)19-13(21-25)12-14(23-26-22-12)20-15(24)8-3-5-18-6-4-8;3-2(4,5)1(6)7/h1-7,25H,(H,19,21)(H,20,23,24);(H,6,7). The first-order valence-electron chi connectivity index (χ1n) is 8.31. The van der Waals surface area contributed by atoms with Crippen LogP contribution in [0.3, 0.4) is 0 Å². The molecule has 1 amide bonds. The number of nitrogens with one attached hydrogen (secondary N) is 2. The molecule has 0 spiro atoms. The molecule has 0 aliphatic heterocycles. The zero-order valence-corrected chi connectivity index (χ0v) is 17.4. The third kappa shape index (κ3) is 7.32. The molecule has 0 fully saturated rings. The van der Waals surface area contributed by atoms with Gasteiger partial charge in [-0.25, -0.2) is 18.8 Å². The fraction of sp³-hybridized carbons (Fsp3) is 0.0588. The molecule has 0 bridgehead atoms. The number of rotatable bonds is 4. The Morgan fingerprint density at radius 2 is 1.76 bits per heavy atom. The van der Waals surface area contributed by atoms with Crippen molar-refractivity contribution in [1.82, 2.24) is 20.8 Å². The van der Waals surface area contributed by atoms with Crippen molar-refractivity contribution in [3.05, 3.63) is 64.3 Å². The monoisotopic (exact) mass is 534 g/mol. The summed E-state index contributed by atoms with van der Waals surface area (Å²) >= 11 is 3.04. The number of pyridine rings is 1. The summed E-state index contributed by atoms with van der Waals surface area (Å²) in [6.45, 7) is 0. The van der Waals surface area contributed by atoms with Gasteiger partial charge in [0.2, 0.25) is 5.82 Å². The molecular formula is C17H11BrF4N6O5. The van der Waals surface area contributed by atoms with Crippen molar-refractivity contribution in [2.24, 2.45) is 4.99 Å². The Balaban J connectivity index is 0.000000479. The number of carboxylic acid groups (broad SMARTS) is 1. The first-order chi connectivity index (χ1) is 15.5. The number of halogens is 5. The van der Waals surface area contributed by atoms with Crippen LogP contribution in [-0.4, -0.2) is 49.5 Å². The minimum Gasteiger partial charge on any atom is -0.475 e. The normalized spacial score (nSPS) is 11.3. The highest BCUT2D eigenvalue weighted by molar-refractivity contribution is 9.10. The lowest BCUT2D eigenvalue weighted by molar-refractivity contribution is -0.192. The zero-order valence-electron chi connectivity index (χ0n) is 15.8. The quantitative estimate of drug-likeness (QED) is 0.170. The number of hydrogen-bond donors (Lipinski definition) is 4. The number of aromatic nitrogens is 3. The topological polar surface area (TPSA) is 163 Å². The van der Waals surface area contributed by atoms with Crippen molar-refractivity contribution >= 4 is 45.1 Å². The van der Waals surface area contributed by atoms with E-state index in [2.05, 4.69) is 46.2 Å². The average molecular weight is 535 g/mol. The summed E-state index contributed by atoms with van der Waals surface area (Å²) in [6.07, 6.45) is -2.16. The van der Waals surface area contributed by atoms with Gasteiger partial charge in [0.15, 0.2) is 11.5 Å². The zero-order chi connectivity index (χ0) is 24.6. The molecule has 3 aromatic rings. The smallest absolute Gasteiger partial charge is 0.475 e. The minimum atomic E-state index is -5.08. The fourth-order valence-corrected chi connectivity index (χ4v) is 2.29. The number of aliphatic imine (C=N–C) groups is 1. The van der Waals surface area contributed by atoms with Gasteiger partial charge >= 0.3 is 12.1 Å². The number of carboxylic acids is 1. The van der Waals surface area contributed by atoms with E-state index in [0.717, 1.165) is 0 Å². The summed E-state index contributed by atoms with van der Waals surface area (Å²) in [5.74, 6) is -3.92. The van der Waals surface area contributed by atoms with Crippen LogP contribution in [0.25, 0.3) is 0 Å². The Morgan fingerprint density at radius 1 is 1.12 bits per heavy atom. The van der Waals surface area contributed by atoms with E-state index in [1.54, 1.807) is 0 Å². The van der Waals surface area contributed by atoms with Crippen molar-refractivity contribution < 1.29 is 42.1 Å². The summed E-state index contributed by atoms with van der Waals surface area (Å²) < 4.78 is 49.9. The molecule has 33 heavy (non-hydrogen) atoms. The number of carbonyl (C=O) groups is 2. The molecule has 174 valence electrons. The number of carbonyl (C=O) groups excluding carboxylic acids is 1.